The number of alkyl halides is 1. The van der Waals surface area contributed by atoms with Gasteiger partial charge in [0.15, 0.2) is 0 Å². The van der Waals surface area contributed by atoms with Gasteiger partial charge in [-0.15, -0.1) is 0 Å². The number of hydrogen-bond donors (Lipinski definition) is 0. The number of anilines is 4. The number of hydrogen-bond acceptors (Lipinski definition) is 14. The van der Waals surface area contributed by atoms with E-state index in [1.807, 2.05) is 180 Å². The average molecular weight is 1890 g/mol. The van der Waals surface area contributed by atoms with E-state index in [0.717, 1.165) is 193 Å². The molecule has 28 heteroatoms. The zero-order valence-corrected chi connectivity index (χ0v) is 79.4. The van der Waals surface area contributed by atoms with E-state index in [9.17, 15) is 28.4 Å². The normalized spacial score (nSPS) is 22.6. The van der Waals surface area contributed by atoms with Crippen molar-refractivity contribution in [2.24, 2.45) is 28.2 Å². The van der Waals surface area contributed by atoms with Crippen LogP contribution in [-0.4, -0.2) is 191 Å². The van der Waals surface area contributed by atoms with Crippen molar-refractivity contribution in [3.63, 3.8) is 0 Å². The van der Waals surface area contributed by atoms with Crippen LogP contribution in [0.25, 0.3) is 44.5 Å². The highest BCUT2D eigenvalue weighted by Gasteiger charge is 2.59. The molecule has 7 fully saturated rings. The predicted molar refractivity (Wildman–Crippen MR) is 527 cm³/mol. The second kappa shape index (κ2) is 38.7. The lowest BCUT2D eigenvalue weighted by Gasteiger charge is -2.44. The molecule has 0 bridgehead atoms. The summed E-state index contributed by atoms with van der Waals surface area (Å²) in [4.78, 5) is 84.9. The first kappa shape index (κ1) is 92.9. The van der Waals surface area contributed by atoms with Crippen LogP contribution in [-0.2, 0) is 105 Å². The molecule has 140 heavy (non-hydrogen) atoms. The molecule has 10 aliphatic heterocycles. The molecule has 1 saturated carbocycles. The van der Waals surface area contributed by atoms with Gasteiger partial charge in [0.1, 0.15) is 29.4 Å². The number of benzene rings is 9. The van der Waals surface area contributed by atoms with Gasteiger partial charge >= 0.3 is 0 Å². The Bertz CT molecular complexity index is 6650. The van der Waals surface area contributed by atoms with E-state index in [1.54, 1.807) is 104 Å². The topological polar surface area (TPSA) is 201 Å². The number of aryl methyl sites for hydroxylation is 4. The van der Waals surface area contributed by atoms with Gasteiger partial charge < -0.3 is 34.0 Å². The van der Waals surface area contributed by atoms with Crippen molar-refractivity contribution < 1.29 is 55.4 Å². The van der Waals surface area contributed by atoms with Crippen molar-refractivity contribution in [2.45, 2.75) is 156 Å². The zero-order valence-electron chi connectivity index (χ0n) is 79.4. The Balaban J connectivity index is 0.000000111. The maximum Gasteiger partial charge on any atom is 0.253 e. The van der Waals surface area contributed by atoms with Gasteiger partial charge in [0.05, 0.1) is 79.2 Å². The van der Waals surface area contributed by atoms with Gasteiger partial charge in [-0.3, -0.25) is 57.4 Å². The molecule has 9 aromatic carbocycles. The van der Waals surface area contributed by atoms with Crippen molar-refractivity contribution in [3.05, 3.63) is 323 Å². The molecule has 14 heterocycles. The van der Waals surface area contributed by atoms with Crippen LogP contribution in [0.5, 0.6) is 0 Å². The fourth-order valence-corrected chi connectivity index (χ4v) is 23.9. The molecule has 720 valence electrons. The molecular formula is C112H115F5N16O7. The van der Waals surface area contributed by atoms with Crippen molar-refractivity contribution in [1.82, 2.24) is 58.7 Å². The molecule has 0 N–H and O–H groups in total. The van der Waals surface area contributed by atoms with Gasteiger partial charge in [-0.25, -0.2) is 22.0 Å². The van der Waals surface area contributed by atoms with Crippen LogP contribution < -0.4 is 19.6 Å². The van der Waals surface area contributed by atoms with Gasteiger partial charge in [0.25, 0.3) is 5.91 Å². The van der Waals surface area contributed by atoms with E-state index < -0.39 is 27.8 Å². The third-order valence-corrected chi connectivity index (χ3v) is 31.4. The maximum atomic E-state index is 15.2. The van der Waals surface area contributed by atoms with Crippen LogP contribution in [0.4, 0.5) is 44.7 Å². The lowest BCUT2D eigenvalue weighted by molar-refractivity contribution is -0.125. The zero-order chi connectivity index (χ0) is 96.3. The Morgan fingerprint density at radius 3 is 1.06 bits per heavy atom. The van der Waals surface area contributed by atoms with Gasteiger partial charge in [-0.1, -0.05) is 152 Å². The summed E-state index contributed by atoms with van der Waals surface area (Å²) in [6.07, 6.45) is 24.8. The summed E-state index contributed by atoms with van der Waals surface area (Å²) in [5.74, 6) is -1.24. The molecule has 0 radical (unpaired) electrons. The average Bonchev–Trinajstić information content (AvgIpc) is 1.56. The van der Waals surface area contributed by atoms with Gasteiger partial charge in [0.2, 0.25) is 23.6 Å². The number of carbonyl (C=O) groups excluding carboxylic acids is 5. The number of para-hydroxylation sites is 4. The number of fused-ring (bicyclic) bond motifs is 8. The summed E-state index contributed by atoms with van der Waals surface area (Å²) < 4.78 is 93.5. The molecule has 4 spiro atoms. The number of likely N-dealkylation sites (tertiary alicyclic amines) is 4. The number of piperidine rings is 1. The number of nitrogens with zero attached hydrogens (tertiary/aromatic N) is 16. The maximum absolute atomic E-state index is 15.2. The Labute approximate surface area is 811 Å². The lowest BCUT2D eigenvalue weighted by atomic mass is 9.73. The summed E-state index contributed by atoms with van der Waals surface area (Å²) in [7, 11) is 7.33. The summed E-state index contributed by atoms with van der Waals surface area (Å²) in [6.45, 7) is 9.39. The number of aromatic nitrogens is 8. The molecule has 4 aromatic heterocycles. The lowest BCUT2D eigenvalue weighted by Crippen LogP contribution is -2.53. The minimum atomic E-state index is -0.812. The first-order valence-electron chi connectivity index (χ1n) is 49.1. The highest BCUT2D eigenvalue weighted by Crippen LogP contribution is 2.54. The van der Waals surface area contributed by atoms with E-state index >= 15 is 17.6 Å². The Hall–Kier alpha value is -13.4. The highest BCUT2D eigenvalue weighted by molar-refractivity contribution is 6.12. The predicted octanol–water partition coefficient (Wildman–Crippen LogP) is 17.7. The van der Waals surface area contributed by atoms with Crippen LogP contribution in [0.15, 0.2) is 250 Å². The molecule has 24 rings (SSSR count). The van der Waals surface area contributed by atoms with Crippen molar-refractivity contribution >= 4 is 52.3 Å². The quantitative estimate of drug-likeness (QED) is 0.0827. The van der Waals surface area contributed by atoms with E-state index in [4.69, 9.17) is 9.47 Å². The Morgan fingerprint density at radius 2 is 0.693 bits per heavy atom. The molecule has 11 aliphatic rings. The standard InChI is InChI=1S/C29H32F2N4O.C29H25FN4O2.2C27H29FN4O2/c1-33-18-22(17-32-33)20-10-11-21(25(31)16-20)19-35-26-8-4-2-6-23(26)29(28(35)36)12-14-34(15-13-29)27-9-5-3-7-24(27)30;1-32-17-23(16-31-32)21-11-12-22(25(30)15-21)18-34-26-10-6-5-9-24(26)29(28(34)36)13-14-33(19-29)27(35)20-7-3-2-4-8-20;1-30-15-21(14-29-30)19-8-9-20(24(28)13-19)16-32-25-7-3-2-6-23(25)27(26(32)33)10-11-31(18-27)22-5-4-12-34-17-22;1-30-16-21(15-29-30)19-6-7-20(24(28)14-19)17-32-25-5-3-2-4-23(25)27(26(32)33)10-11-31(18-27)22-8-12-34-13-9-22/h2,4,6,8,10-11,16-18,24,27H,3,5,7,9,12-15,19H2,1H3;2-12,15-17H,13-14,18-19H2,1H3;2-3,6-9,13-15,22H,4-5,10-12,16-18H2,1H3;2-7,14-16,22H,8-13,17-18H2,1H3. The van der Waals surface area contributed by atoms with Crippen LogP contribution in [0.3, 0.4) is 0 Å². The summed E-state index contributed by atoms with van der Waals surface area (Å²) in [6, 6.07) is 62.4. The summed E-state index contributed by atoms with van der Waals surface area (Å²) >= 11 is 0. The Morgan fingerprint density at radius 1 is 0.350 bits per heavy atom. The molecule has 13 aromatic rings. The van der Waals surface area contributed by atoms with E-state index in [2.05, 4.69) is 47.2 Å². The summed E-state index contributed by atoms with van der Waals surface area (Å²) in [5.41, 5.74) is 14.1. The third kappa shape index (κ3) is 17.4. The molecule has 23 nitrogen and oxygen atoms in total. The number of ether oxygens (including phenoxy) is 2. The van der Waals surface area contributed by atoms with Crippen LogP contribution in [0.1, 0.15) is 138 Å². The second-order valence-corrected chi connectivity index (χ2v) is 39.7. The second-order valence-electron chi connectivity index (χ2n) is 39.7. The monoisotopic (exact) mass is 1890 g/mol. The van der Waals surface area contributed by atoms with Crippen LogP contribution >= 0.6 is 0 Å². The van der Waals surface area contributed by atoms with Crippen molar-refractivity contribution in [1.29, 1.82) is 0 Å². The van der Waals surface area contributed by atoms with E-state index in [0.29, 0.717) is 98.3 Å². The minimum Gasteiger partial charge on any atom is -0.381 e. The highest BCUT2D eigenvalue weighted by atomic mass is 19.1. The fourth-order valence-electron chi connectivity index (χ4n) is 23.9. The molecular weight excluding hydrogens is 1780 g/mol. The third-order valence-electron chi connectivity index (χ3n) is 31.4. The van der Waals surface area contributed by atoms with Gasteiger partial charge in [-0.05, 0) is 202 Å². The largest absolute Gasteiger partial charge is 0.381 e. The van der Waals surface area contributed by atoms with E-state index in [1.165, 1.54) is 24.3 Å². The number of amides is 5. The molecule has 5 amide bonds. The fraction of sp³-hybridized carbons (Fsp3) is 0.366. The van der Waals surface area contributed by atoms with Crippen molar-refractivity contribution in [2.75, 3.05) is 98.4 Å². The Kier molecular flexibility index (Phi) is 25.7. The molecule has 6 atom stereocenters. The summed E-state index contributed by atoms with van der Waals surface area (Å²) in [5, 5.41) is 16.7. The van der Waals surface area contributed by atoms with Crippen molar-refractivity contribution in [3.8, 4) is 44.5 Å². The van der Waals surface area contributed by atoms with Crippen LogP contribution in [0, 0.1) is 23.3 Å². The van der Waals surface area contributed by atoms with E-state index in [-0.39, 0.29) is 85.0 Å². The number of halogens is 5. The first-order chi connectivity index (χ1) is 68.0. The molecule has 6 saturated heterocycles. The molecule has 6 unspecified atom stereocenters. The SMILES string of the molecule is Cn1cc(-c2ccc(CN3C(=O)C4(CCN(C(=O)c5ccccc5)C4)c4ccccc43)c(F)c2)cn1.Cn1cc(-c2ccc(CN3C(=O)C4(CCN(C5CCCCC5F)CC4)c4ccccc43)c(F)c2)cn1.Cn1cc(-c2ccc(CN3C(=O)C4(CCN(C5CCCOC5)C4)c4ccccc43)c(F)c2)cn1.Cn1cc(-c2ccc(CN3C(=O)C4(CCN(C5CCOCC5)C4)c4ccccc43)c(F)c2)cn1. The van der Waals surface area contributed by atoms with Gasteiger partial charge in [0, 0.05) is 190 Å². The minimum absolute atomic E-state index is 0.0219. The van der Waals surface area contributed by atoms with Gasteiger partial charge in [-0.2, -0.15) is 20.4 Å². The number of carbonyl (C=O) groups is 5. The molecule has 1 aliphatic carbocycles. The first-order valence-corrected chi connectivity index (χ1v) is 49.1. The number of rotatable bonds is 16. The van der Waals surface area contributed by atoms with Crippen LogP contribution in [0.2, 0.25) is 0 Å². The smallest absolute Gasteiger partial charge is 0.253 e.